The zero-order chi connectivity index (χ0) is 13.3. The topological polar surface area (TPSA) is 24.7 Å². The maximum atomic E-state index is 4.32. The van der Waals surface area contributed by atoms with Crippen LogP contribution >= 0.6 is 0 Å². The van der Waals surface area contributed by atoms with Crippen molar-refractivity contribution >= 4 is 11.4 Å². The van der Waals surface area contributed by atoms with Gasteiger partial charge in [0.1, 0.15) is 0 Å². The number of rotatable bonds is 7. The first-order valence-electron chi connectivity index (χ1n) is 6.38. The molecular formula is C15H26N2. The van der Waals surface area contributed by atoms with Gasteiger partial charge in [0.15, 0.2) is 0 Å². The Morgan fingerprint density at radius 2 is 1.76 bits per heavy atom. The van der Waals surface area contributed by atoms with Crippen LogP contribution in [0.25, 0.3) is 0 Å². The van der Waals surface area contributed by atoms with E-state index in [1.807, 2.05) is 19.9 Å². The van der Waals surface area contributed by atoms with Gasteiger partial charge in [0.05, 0.1) is 5.71 Å². The number of nitrogens with zero attached hydrogens (tertiary/aromatic N) is 2. The van der Waals surface area contributed by atoms with Crippen molar-refractivity contribution in [1.29, 1.82) is 0 Å². The van der Waals surface area contributed by atoms with Gasteiger partial charge < -0.3 is 0 Å². The van der Waals surface area contributed by atoms with E-state index in [4.69, 9.17) is 0 Å². The van der Waals surface area contributed by atoms with Gasteiger partial charge in [-0.2, -0.15) is 10.2 Å². The molecule has 0 atom stereocenters. The summed E-state index contributed by atoms with van der Waals surface area (Å²) in [5, 5.41) is 8.60. The van der Waals surface area contributed by atoms with E-state index in [9.17, 15) is 0 Å². The third kappa shape index (κ3) is 6.88. The van der Waals surface area contributed by atoms with E-state index in [1.54, 1.807) is 0 Å². The maximum absolute atomic E-state index is 4.32. The second-order valence-corrected chi connectivity index (χ2v) is 4.60. The van der Waals surface area contributed by atoms with Gasteiger partial charge in [-0.05, 0) is 52.5 Å². The molecule has 0 unspecified atom stereocenters. The molecule has 0 aliphatic carbocycles. The van der Waals surface area contributed by atoms with Crippen molar-refractivity contribution in [3.63, 3.8) is 0 Å². The Balaban J connectivity index is 4.72. The largest absolute Gasteiger partial charge is 0.160 e. The molecule has 0 fully saturated rings. The van der Waals surface area contributed by atoms with Crippen molar-refractivity contribution in [2.75, 3.05) is 0 Å². The quantitative estimate of drug-likeness (QED) is 0.339. The van der Waals surface area contributed by atoms with Crippen molar-refractivity contribution in [2.45, 2.75) is 60.3 Å². The first-order chi connectivity index (χ1) is 8.02. The van der Waals surface area contributed by atoms with E-state index in [0.717, 1.165) is 24.3 Å². The molecule has 0 radical (unpaired) electrons. The molecular weight excluding hydrogens is 208 g/mol. The standard InChI is InChI=1S/C15H26N2/c1-7-9-11-13(5)16-17-14(6)15(10-8-2)12(3)4/h8H,2,7,9-11H2,1,3-6H3/b16-13+,17-14+. The van der Waals surface area contributed by atoms with E-state index in [1.165, 1.54) is 24.0 Å². The summed E-state index contributed by atoms with van der Waals surface area (Å²) >= 11 is 0. The highest BCUT2D eigenvalue weighted by molar-refractivity contribution is 5.99. The second-order valence-electron chi connectivity index (χ2n) is 4.60. The SMILES string of the molecule is C=CCC(=C(C)C)/C(C)=N/N=C(\C)CCCC. The first kappa shape index (κ1) is 15.8. The third-order valence-electron chi connectivity index (χ3n) is 2.65. The highest BCUT2D eigenvalue weighted by atomic mass is 15.2. The van der Waals surface area contributed by atoms with Gasteiger partial charge in [0, 0.05) is 5.71 Å². The molecule has 2 heteroatoms. The summed E-state index contributed by atoms with van der Waals surface area (Å²) < 4.78 is 0. The van der Waals surface area contributed by atoms with Gasteiger partial charge in [-0.3, -0.25) is 0 Å². The van der Waals surface area contributed by atoms with Crippen LogP contribution in [-0.4, -0.2) is 11.4 Å². The normalized spacial score (nSPS) is 12.5. The van der Waals surface area contributed by atoms with Crippen LogP contribution in [0.4, 0.5) is 0 Å². The fourth-order valence-electron chi connectivity index (χ4n) is 1.56. The molecule has 2 nitrogen and oxygen atoms in total. The monoisotopic (exact) mass is 234 g/mol. The lowest BCUT2D eigenvalue weighted by Crippen LogP contribution is -1.99. The molecule has 0 rings (SSSR count). The maximum Gasteiger partial charge on any atom is 0.0634 e. The molecule has 0 saturated heterocycles. The van der Waals surface area contributed by atoms with E-state index in [2.05, 4.69) is 37.6 Å². The summed E-state index contributed by atoms with van der Waals surface area (Å²) in [6.07, 6.45) is 6.20. The summed E-state index contributed by atoms with van der Waals surface area (Å²) in [4.78, 5) is 0. The molecule has 0 saturated carbocycles. The Labute approximate surface area is 106 Å². The molecule has 0 aliphatic rings. The minimum absolute atomic E-state index is 0.862. The van der Waals surface area contributed by atoms with Crippen molar-refractivity contribution in [1.82, 2.24) is 0 Å². The molecule has 0 aromatic heterocycles. The van der Waals surface area contributed by atoms with Crippen LogP contribution in [0.1, 0.15) is 60.3 Å². The highest BCUT2D eigenvalue weighted by Gasteiger charge is 2.02. The predicted octanol–water partition coefficient (Wildman–Crippen LogP) is 4.93. The van der Waals surface area contributed by atoms with Gasteiger partial charge in [0.25, 0.3) is 0 Å². The second kappa shape index (κ2) is 8.91. The Kier molecular flexibility index (Phi) is 8.29. The van der Waals surface area contributed by atoms with Crippen LogP contribution in [0, 0.1) is 0 Å². The summed E-state index contributed by atoms with van der Waals surface area (Å²) in [7, 11) is 0. The summed E-state index contributed by atoms with van der Waals surface area (Å²) in [6.45, 7) is 14.2. The zero-order valence-electron chi connectivity index (χ0n) is 12.0. The molecule has 0 heterocycles. The van der Waals surface area contributed by atoms with Gasteiger partial charge in [-0.1, -0.05) is 25.0 Å². The van der Waals surface area contributed by atoms with Crippen LogP contribution in [-0.2, 0) is 0 Å². The van der Waals surface area contributed by atoms with E-state index < -0.39 is 0 Å². The van der Waals surface area contributed by atoms with Crippen LogP contribution < -0.4 is 0 Å². The molecule has 0 aromatic rings. The van der Waals surface area contributed by atoms with E-state index >= 15 is 0 Å². The molecule has 0 N–H and O–H groups in total. The smallest absolute Gasteiger partial charge is 0.0634 e. The minimum atomic E-state index is 0.862. The molecule has 0 spiro atoms. The van der Waals surface area contributed by atoms with Crippen LogP contribution in [0.5, 0.6) is 0 Å². The number of hydrogen-bond acceptors (Lipinski definition) is 2. The number of allylic oxidation sites excluding steroid dienone is 3. The molecule has 0 amide bonds. The van der Waals surface area contributed by atoms with Crippen molar-refractivity contribution in [2.24, 2.45) is 10.2 Å². The minimum Gasteiger partial charge on any atom is -0.160 e. The molecule has 0 aliphatic heterocycles. The summed E-state index contributed by atoms with van der Waals surface area (Å²) in [6, 6.07) is 0. The number of unbranched alkanes of at least 4 members (excludes halogenated alkanes) is 1. The van der Waals surface area contributed by atoms with Crippen molar-refractivity contribution in [3.05, 3.63) is 23.8 Å². The molecule has 0 aromatic carbocycles. The van der Waals surface area contributed by atoms with Crippen molar-refractivity contribution < 1.29 is 0 Å². The van der Waals surface area contributed by atoms with Gasteiger partial charge in [-0.15, -0.1) is 6.58 Å². The predicted molar refractivity (Wildman–Crippen MR) is 78.9 cm³/mol. The average Bonchev–Trinajstić information content (AvgIpc) is 2.29. The Morgan fingerprint density at radius 3 is 2.24 bits per heavy atom. The number of hydrogen-bond donors (Lipinski definition) is 0. The van der Waals surface area contributed by atoms with Gasteiger partial charge in [0.2, 0.25) is 0 Å². The highest BCUT2D eigenvalue weighted by Crippen LogP contribution is 2.11. The van der Waals surface area contributed by atoms with Crippen LogP contribution in [0.15, 0.2) is 34.0 Å². The Morgan fingerprint density at radius 1 is 1.12 bits per heavy atom. The van der Waals surface area contributed by atoms with E-state index in [0.29, 0.717) is 0 Å². The fraction of sp³-hybridized carbons (Fsp3) is 0.600. The van der Waals surface area contributed by atoms with Crippen molar-refractivity contribution in [3.8, 4) is 0 Å². The summed E-state index contributed by atoms with van der Waals surface area (Å²) in [5.74, 6) is 0. The van der Waals surface area contributed by atoms with Gasteiger partial charge in [-0.25, -0.2) is 0 Å². The lowest BCUT2D eigenvalue weighted by molar-refractivity contribution is 0.830. The Hall–Kier alpha value is -1.18. The third-order valence-corrected chi connectivity index (χ3v) is 2.65. The Bertz CT molecular complexity index is 329. The fourth-order valence-corrected chi connectivity index (χ4v) is 1.56. The van der Waals surface area contributed by atoms with Gasteiger partial charge >= 0.3 is 0 Å². The lowest BCUT2D eigenvalue weighted by atomic mass is 10.0. The van der Waals surface area contributed by atoms with Crippen LogP contribution in [0.2, 0.25) is 0 Å². The molecule has 0 bridgehead atoms. The molecule has 96 valence electrons. The first-order valence-corrected chi connectivity index (χ1v) is 6.38. The molecule has 17 heavy (non-hydrogen) atoms. The summed E-state index contributed by atoms with van der Waals surface area (Å²) in [5.41, 5.74) is 4.64. The van der Waals surface area contributed by atoms with E-state index in [-0.39, 0.29) is 0 Å². The average molecular weight is 234 g/mol. The zero-order valence-corrected chi connectivity index (χ0v) is 12.0. The van der Waals surface area contributed by atoms with Crippen LogP contribution in [0.3, 0.4) is 0 Å². The lowest BCUT2D eigenvalue weighted by Gasteiger charge is -2.05.